The summed E-state index contributed by atoms with van der Waals surface area (Å²) in [7, 11) is -3.88. The Morgan fingerprint density at radius 3 is 2.12 bits per heavy atom. The lowest BCUT2D eigenvalue weighted by Crippen LogP contribution is -2.34. The fourth-order valence-corrected chi connectivity index (χ4v) is 4.90. The zero-order valence-corrected chi connectivity index (χ0v) is 13.7. The molecular weight excluding hydrogens is 358 g/mol. The van der Waals surface area contributed by atoms with Crippen LogP contribution in [0.3, 0.4) is 0 Å². The second kappa shape index (κ2) is 6.42. The highest BCUT2D eigenvalue weighted by Crippen LogP contribution is 2.35. The third kappa shape index (κ3) is 3.55. The molecule has 1 saturated heterocycles. The maximum Gasteiger partial charge on any atom is 0.416 e. The van der Waals surface area contributed by atoms with E-state index >= 15 is 0 Å². The predicted molar refractivity (Wildman–Crippen MR) is 84.2 cm³/mol. The number of rotatable bonds is 3. The molecule has 0 amide bonds. The minimum absolute atomic E-state index is 0.174. The summed E-state index contributed by atoms with van der Waals surface area (Å²) in [6, 6.07) is 9.04. The molecule has 1 fully saturated rings. The van der Waals surface area contributed by atoms with E-state index in [4.69, 9.17) is 0 Å². The minimum Gasteiger partial charge on any atom is -0.300 e. The first-order chi connectivity index (χ1) is 11.7. The lowest BCUT2D eigenvalue weighted by Gasteiger charge is -2.20. The molecule has 1 aliphatic rings. The van der Waals surface area contributed by atoms with E-state index in [-0.39, 0.29) is 4.90 Å². The Labute approximate surface area is 142 Å². The SMILES string of the molecule is O=S(=O)(c1ccc(C(F)(F)F)cc1)C1NCCC1c1ccc(F)cc1. The molecule has 1 aliphatic heterocycles. The van der Waals surface area contributed by atoms with E-state index in [1.165, 1.54) is 24.3 Å². The van der Waals surface area contributed by atoms with E-state index in [1.807, 2.05) is 0 Å². The highest BCUT2D eigenvalue weighted by molar-refractivity contribution is 7.92. The van der Waals surface area contributed by atoms with E-state index in [1.54, 1.807) is 0 Å². The number of alkyl halides is 3. The molecule has 0 radical (unpaired) electrons. The number of nitrogens with one attached hydrogen (secondary N) is 1. The smallest absolute Gasteiger partial charge is 0.300 e. The van der Waals surface area contributed by atoms with Gasteiger partial charge in [0.2, 0.25) is 0 Å². The van der Waals surface area contributed by atoms with Gasteiger partial charge in [0.1, 0.15) is 11.2 Å². The zero-order chi connectivity index (χ0) is 18.2. The minimum atomic E-state index is -4.52. The molecule has 2 aromatic carbocycles. The summed E-state index contributed by atoms with van der Waals surface area (Å²) in [5.41, 5.74) is -0.229. The van der Waals surface area contributed by atoms with Gasteiger partial charge in [0.05, 0.1) is 10.5 Å². The molecule has 0 aliphatic carbocycles. The summed E-state index contributed by atoms with van der Waals surface area (Å²) in [5, 5.41) is 1.94. The van der Waals surface area contributed by atoms with E-state index in [2.05, 4.69) is 5.32 Å². The van der Waals surface area contributed by atoms with Gasteiger partial charge in [0, 0.05) is 5.92 Å². The Balaban J connectivity index is 1.92. The molecule has 8 heteroatoms. The molecule has 2 atom stereocenters. The van der Waals surface area contributed by atoms with Crippen LogP contribution in [0.1, 0.15) is 23.5 Å². The van der Waals surface area contributed by atoms with Gasteiger partial charge in [-0.05, 0) is 54.9 Å². The Hall–Kier alpha value is -1.93. The third-order valence-electron chi connectivity index (χ3n) is 4.31. The van der Waals surface area contributed by atoms with Crippen molar-refractivity contribution in [2.75, 3.05) is 6.54 Å². The number of sulfone groups is 1. The van der Waals surface area contributed by atoms with Gasteiger partial charge >= 0.3 is 6.18 Å². The van der Waals surface area contributed by atoms with Crippen LogP contribution in [0.5, 0.6) is 0 Å². The standard InChI is InChI=1S/C17H15F4NO2S/c18-13-5-1-11(2-6-13)15-9-10-22-16(15)25(23,24)14-7-3-12(4-8-14)17(19,20)21/h1-8,15-16,22H,9-10H2. The first-order valence-electron chi connectivity index (χ1n) is 7.59. The Kier molecular flexibility index (Phi) is 4.59. The number of halogens is 4. The van der Waals surface area contributed by atoms with Crippen LogP contribution >= 0.6 is 0 Å². The second-order valence-electron chi connectivity index (χ2n) is 5.89. The van der Waals surface area contributed by atoms with Crippen molar-refractivity contribution < 1.29 is 26.0 Å². The van der Waals surface area contributed by atoms with Gasteiger partial charge in [0.25, 0.3) is 0 Å². The molecule has 134 valence electrons. The molecular formula is C17H15F4NO2S. The lowest BCUT2D eigenvalue weighted by atomic mass is 9.98. The molecule has 3 rings (SSSR count). The van der Waals surface area contributed by atoms with Crippen molar-refractivity contribution in [2.45, 2.75) is 28.8 Å². The molecule has 0 saturated carbocycles. The second-order valence-corrected chi connectivity index (χ2v) is 7.96. The van der Waals surface area contributed by atoms with Crippen LogP contribution in [0.4, 0.5) is 17.6 Å². The maximum atomic E-state index is 13.1. The van der Waals surface area contributed by atoms with E-state index in [9.17, 15) is 26.0 Å². The van der Waals surface area contributed by atoms with Gasteiger partial charge in [-0.2, -0.15) is 13.2 Å². The summed E-state index contributed by atoms with van der Waals surface area (Å²) in [4.78, 5) is -0.174. The van der Waals surface area contributed by atoms with Crippen molar-refractivity contribution in [3.8, 4) is 0 Å². The fraction of sp³-hybridized carbons (Fsp3) is 0.294. The largest absolute Gasteiger partial charge is 0.416 e. The van der Waals surface area contributed by atoms with Gasteiger partial charge < -0.3 is 5.32 Å². The van der Waals surface area contributed by atoms with Gasteiger partial charge in [-0.25, -0.2) is 12.8 Å². The highest BCUT2D eigenvalue weighted by atomic mass is 32.2. The van der Waals surface area contributed by atoms with E-state index in [0.717, 1.165) is 24.3 Å². The van der Waals surface area contributed by atoms with Crippen LogP contribution in [0, 0.1) is 5.82 Å². The average Bonchev–Trinajstić information content (AvgIpc) is 3.05. The van der Waals surface area contributed by atoms with Gasteiger partial charge in [-0.3, -0.25) is 0 Å². The van der Waals surface area contributed by atoms with Crippen molar-refractivity contribution in [2.24, 2.45) is 0 Å². The zero-order valence-electron chi connectivity index (χ0n) is 12.9. The van der Waals surface area contributed by atoms with Crippen molar-refractivity contribution in [1.82, 2.24) is 5.32 Å². The van der Waals surface area contributed by atoms with Crippen molar-refractivity contribution >= 4 is 9.84 Å². The summed E-state index contributed by atoms with van der Waals surface area (Å²) >= 11 is 0. The van der Waals surface area contributed by atoms with Crippen LogP contribution in [-0.4, -0.2) is 20.3 Å². The van der Waals surface area contributed by atoms with E-state index in [0.29, 0.717) is 18.5 Å². The monoisotopic (exact) mass is 373 g/mol. The molecule has 2 aromatic rings. The van der Waals surface area contributed by atoms with Crippen LogP contribution < -0.4 is 5.32 Å². The lowest BCUT2D eigenvalue weighted by molar-refractivity contribution is -0.137. The first kappa shape index (κ1) is 17.9. The average molecular weight is 373 g/mol. The Morgan fingerprint density at radius 1 is 0.960 bits per heavy atom. The summed E-state index contributed by atoms with van der Waals surface area (Å²) in [6.45, 7) is 0.451. The third-order valence-corrected chi connectivity index (χ3v) is 6.40. The molecule has 25 heavy (non-hydrogen) atoms. The Bertz CT molecular complexity index is 846. The molecule has 2 unspecified atom stereocenters. The van der Waals surface area contributed by atoms with Crippen molar-refractivity contribution in [1.29, 1.82) is 0 Å². The highest BCUT2D eigenvalue weighted by Gasteiger charge is 2.39. The van der Waals surface area contributed by atoms with Gasteiger partial charge in [-0.15, -0.1) is 0 Å². The molecule has 0 aromatic heterocycles. The quantitative estimate of drug-likeness (QED) is 0.834. The molecule has 1 N–H and O–H groups in total. The fourth-order valence-electron chi connectivity index (χ4n) is 3.03. The molecule has 3 nitrogen and oxygen atoms in total. The molecule has 0 spiro atoms. The number of hydrogen-bond acceptors (Lipinski definition) is 3. The van der Waals surface area contributed by atoms with Crippen LogP contribution in [0.2, 0.25) is 0 Å². The van der Waals surface area contributed by atoms with Crippen LogP contribution in [0.25, 0.3) is 0 Å². The van der Waals surface area contributed by atoms with Crippen molar-refractivity contribution in [3.63, 3.8) is 0 Å². The van der Waals surface area contributed by atoms with Gasteiger partial charge in [0.15, 0.2) is 9.84 Å². The summed E-state index contributed by atoms with van der Waals surface area (Å²) in [6.07, 6.45) is -3.99. The summed E-state index contributed by atoms with van der Waals surface area (Å²) < 4.78 is 76.7. The van der Waals surface area contributed by atoms with Gasteiger partial charge in [-0.1, -0.05) is 12.1 Å². The molecule has 1 heterocycles. The van der Waals surface area contributed by atoms with Crippen LogP contribution in [0.15, 0.2) is 53.4 Å². The number of benzene rings is 2. The Morgan fingerprint density at radius 2 is 1.56 bits per heavy atom. The topological polar surface area (TPSA) is 46.2 Å². The predicted octanol–water partition coefficient (Wildman–Crippen LogP) is 3.72. The molecule has 0 bridgehead atoms. The van der Waals surface area contributed by atoms with E-state index < -0.39 is 38.7 Å². The first-order valence-corrected chi connectivity index (χ1v) is 9.14. The van der Waals surface area contributed by atoms with Crippen LogP contribution in [-0.2, 0) is 16.0 Å². The normalized spacial score (nSPS) is 21.4. The van der Waals surface area contributed by atoms with Crippen molar-refractivity contribution in [3.05, 3.63) is 65.5 Å². The summed E-state index contributed by atoms with van der Waals surface area (Å²) in [5.74, 6) is -0.815. The maximum absolute atomic E-state index is 13.1. The number of hydrogen-bond donors (Lipinski definition) is 1.